The number of alkyl carbamates (subject to hydrolysis) is 1. The van der Waals surface area contributed by atoms with Crippen LogP contribution in [0.4, 0.5) is 4.79 Å². The topological polar surface area (TPSA) is 445 Å². The van der Waals surface area contributed by atoms with E-state index in [-0.39, 0.29) is 67.7 Å². The number of aliphatic hydroxyl groups excluding tert-OH is 2. The van der Waals surface area contributed by atoms with Gasteiger partial charge >= 0.3 is 31.8 Å². The van der Waals surface area contributed by atoms with Gasteiger partial charge < -0.3 is 84.6 Å². The first-order valence-electron chi connectivity index (χ1n) is 34.4. The van der Waals surface area contributed by atoms with E-state index in [4.69, 9.17) is 28.4 Å². The van der Waals surface area contributed by atoms with Crippen molar-refractivity contribution >= 4 is 67.0 Å². The summed E-state index contributed by atoms with van der Waals surface area (Å²) in [4.78, 5) is 159. The molecule has 1 saturated carbocycles. The number of methoxy groups -OCH3 is 3. The summed E-state index contributed by atoms with van der Waals surface area (Å²) >= 11 is 0. The average Bonchev–Trinajstić information content (AvgIpc) is 0.770. The van der Waals surface area contributed by atoms with Crippen molar-refractivity contribution < 1.29 is 121 Å². The third kappa shape index (κ3) is 24.8. The molecule has 0 radical (unpaired) electrons. The van der Waals surface area contributed by atoms with Crippen LogP contribution in [0.5, 0.6) is 5.75 Å². The number of hydrogen-bond acceptors (Lipinski definition) is 21. The van der Waals surface area contributed by atoms with Crippen molar-refractivity contribution in [3.8, 4) is 5.75 Å². The summed E-state index contributed by atoms with van der Waals surface area (Å²) in [6, 6.07) is -1.63. The van der Waals surface area contributed by atoms with Crippen LogP contribution in [0.25, 0.3) is 0 Å². The Morgan fingerprint density at radius 1 is 0.770 bits per heavy atom. The van der Waals surface area contributed by atoms with Gasteiger partial charge in [-0.1, -0.05) is 70.9 Å². The maximum atomic E-state index is 14.9. The van der Waals surface area contributed by atoms with Gasteiger partial charge in [-0.15, -0.1) is 0 Å². The van der Waals surface area contributed by atoms with Gasteiger partial charge in [0.15, 0.2) is 0 Å². The lowest BCUT2D eigenvalue weighted by atomic mass is 9.81. The minimum Gasteiger partial charge on any atom is -0.481 e. The van der Waals surface area contributed by atoms with E-state index in [0.29, 0.717) is 56.1 Å². The number of ketones is 2. The number of aliphatic carboxylic acids is 2. The number of phosphoric acid groups is 1. The Balaban J connectivity index is 1.51. The van der Waals surface area contributed by atoms with E-state index < -0.39 is 202 Å². The summed E-state index contributed by atoms with van der Waals surface area (Å²) in [7, 11) is -0.671. The van der Waals surface area contributed by atoms with E-state index in [9.17, 15) is 87.8 Å². The Morgan fingerprint density at radius 3 is 1.94 bits per heavy atom. The molecule has 1 aliphatic carbocycles. The van der Waals surface area contributed by atoms with Crippen LogP contribution in [0.2, 0.25) is 0 Å². The van der Waals surface area contributed by atoms with Crippen LogP contribution in [0.3, 0.4) is 0 Å². The fourth-order valence-corrected chi connectivity index (χ4v) is 13.9. The number of piperidine rings is 1. The molecule has 5 amide bonds. The Bertz CT molecular complexity index is 3090. The number of carbonyl (C=O) groups is 10. The Kier molecular flexibility index (Phi) is 32.8. The van der Waals surface area contributed by atoms with Crippen LogP contribution in [0.1, 0.15) is 164 Å². The fraction of sp³-hybridized carbons (Fsp3) is 0.710. The van der Waals surface area contributed by atoms with Crippen molar-refractivity contribution in [1.29, 1.82) is 0 Å². The van der Waals surface area contributed by atoms with Gasteiger partial charge in [0.25, 0.3) is 11.7 Å². The zero-order valence-electron chi connectivity index (χ0n) is 59.2. The quantitative estimate of drug-likeness (QED) is 0.0250. The number of benzene rings is 1. The van der Waals surface area contributed by atoms with Crippen LogP contribution >= 0.6 is 7.82 Å². The fourth-order valence-electron chi connectivity index (χ4n) is 13.5. The lowest BCUT2D eigenvalue weighted by Crippen LogP contribution is -2.64. The van der Waals surface area contributed by atoms with E-state index in [1.165, 1.54) is 45.6 Å². The number of esters is 1. The smallest absolute Gasteiger partial charge is 0.481 e. The van der Waals surface area contributed by atoms with Crippen molar-refractivity contribution in [1.82, 2.24) is 26.2 Å². The maximum Gasteiger partial charge on any atom is 0.524 e. The number of fused-ring (bicyclic) bond motifs is 3. The normalized spacial score (nSPS) is 29.8. The molecule has 2 bridgehead atoms. The molecular formula is C69H106N5O25P. The van der Waals surface area contributed by atoms with Crippen LogP contribution in [0, 0.1) is 35.5 Å². The molecule has 100 heavy (non-hydrogen) atoms. The molecule has 11 N–H and O–H groups in total. The Hall–Kier alpha value is -6.73. The van der Waals surface area contributed by atoms with Crippen molar-refractivity contribution in [2.75, 3.05) is 34.5 Å². The molecule has 2 saturated heterocycles. The van der Waals surface area contributed by atoms with Crippen LogP contribution in [-0.4, -0.2) is 213 Å². The number of nitrogens with zero attached hydrogens (tertiary/aromatic N) is 1. The number of cyclic esters (lactones) is 1. The molecule has 3 heterocycles. The highest BCUT2D eigenvalue weighted by molar-refractivity contribution is 7.46. The van der Waals surface area contributed by atoms with Crippen LogP contribution in [0.15, 0.2) is 47.6 Å². The van der Waals surface area contributed by atoms with Gasteiger partial charge in [-0.2, -0.15) is 0 Å². The van der Waals surface area contributed by atoms with E-state index in [1.54, 1.807) is 40.7 Å². The molecule has 19 atom stereocenters. The number of carboxylic acid groups (broad SMARTS) is 2. The number of aliphatic hydroxyl groups is 3. The molecule has 30 nitrogen and oxygen atoms in total. The van der Waals surface area contributed by atoms with Crippen molar-refractivity contribution in [3.05, 3.63) is 53.1 Å². The highest BCUT2D eigenvalue weighted by atomic mass is 31.2. The summed E-state index contributed by atoms with van der Waals surface area (Å²) in [5, 5.41) is 64.6. The third-order valence-electron chi connectivity index (χ3n) is 19.7. The highest BCUT2D eigenvalue weighted by Crippen LogP contribution is 2.41. The van der Waals surface area contributed by atoms with Gasteiger partial charge in [0.1, 0.15) is 47.9 Å². The molecule has 0 spiro atoms. The first-order valence-corrected chi connectivity index (χ1v) is 36.0. The second-order valence-corrected chi connectivity index (χ2v) is 28.6. The Labute approximate surface area is 583 Å². The molecule has 4 aliphatic rings. The number of phosphoric ester groups is 1. The van der Waals surface area contributed by atoms with Gasteiger partial charge in [-0.05, 0) is 139 Å². The van der Waals surface area contributed by atoms with E-state index in [2.05, 4.69) is 25.8 Å². The predicted molar refractivity (Wildman–Crippen MR) is 358 cm³/mol. The summed E-state index contributed by atoms with van der Waals surface area (Å²) < 4.78 is 52.0. The molecule has 31 heteroatoms. The monoisotopic (exact) mass is 1440 g/mol. The summed E-state index contributed by atoms with van der Waals surface area (Å²) in [5.41, 5.74) is 1.37. The number of Topliss-reactive ketones (excluding diaryl/α,β-unsaturated/α-hetero) is 2. The van der Waals surface area contributed by atoms with E-state index in [0.717, 1.165) is 4.90 Å². The molecular weight excluding hydrogens is 1330 g/mol. The molecule has 5 rings (SSSR count). The molecule has 0 aromatic heterocycles. The maximum absolute atomic E-state index is 14.9. The van der Waals surface area contributed by atoms with Crippen molar-refractivity contribution in [3.63, 3.8) is 0 Å². The molecule has 1 aromatic rings. The van der Waals surface area contributed by atoms with Gasteiger partial charge in [-0.3, -0.25) is 48.1 Å². The second kappa shape index (κ2) is 39.1. The second-order valence-electron chi connectivity index (χ2n) is 27.5. The highest BCUT2D eigenvalue weighted by Gasteiger charge is 2.57. The zero-order chi connectivity index (χ0) is 74.5. The number of carboxylic acids is 2. The summed E-state index contributed by atoms with van der Waals surface area (Å²) in [6.07, 6.45) is -4.25. The number of rotatable bonds is 27. The first kappa shape index (κ1) is 83.9. The number of allylic oxidation sites excluding steroid dienone is 3. The molecule has 1 aromatic carbocycles. The van der Waals surface area contributed by atoms with E-state index >= 15 is 0 Å². The van der Waals surface area contributed by atoms with Gasteiger partial charge in [0, 0.05) is 77.4 Å². The average molecular weight is 1440 g/mol. The van der Waals surface area contributed by atoms with E-state index in [1.807, 2.05) is 26.8 Å². The SMILES string of the molecule is CCC(C)[C@H](C)NC(=O)[C@@H](CCC(=O)O)NC(=O)[C@@H](CCC(=O)O)NC(=O)[C@@H](Cc1ccc(OP(=O)(O)O)cc1)NC(=O)OCC[C@@H]1/C=C(\C)C[C@H](C)C[C@H](OC)[C@H]2O[C@@](O)(C(=O)C(=O)N3CCCC[C@H]3C(=O)O[C@H](/C(C)=C/[C@@H]3CC[C@@H](O)[C@H](OC)C3)[C@H](C)[C@@H](O)CC1=O)[C@H](C)C[C@@H]2OC. The van der Waals surface area contributed by atoms with Crippen LogP contribution < -0.4 is 25.8 Å². The predicted octanol–water partition coefficient (Wildman–Crippen LogP) is 4.51. The Morgan fingerprint density at radius 2 is 1.36 bits per heavy atom. The lowest BCUT2D eigenvalue weighted by molar-refractivity contribution is -0.302. The number of carbonyl (C=O) groups excluding carboxylic acids is 8. The summed E-state index contributed by atoms with van der Waals surface area (Å²) in [5.74, 6) is -16.0. The lowest BCUT2D eigenvalue weighted by Gasteiger charge is -2.47. The van der Waals surface area contributed by atoms with Gasteiger partial charge in [0.2, 0.25) is 23.5 Å². The molecule has 562 valence electrons. The first-order chi connectivity index (χ1) is 47.0. The van der Waals surface area contributed by atoms with Crippen molar-refractivity contribution in [2.45, 2.75) is 243 Å². The third-order valence-corrected chi connectivity index (χ3v) is 20.2. The molecule has 1 unspecified atom stereocenters. The largest absolute Gasteiger partial charge is 0.524 e. The number of amides is 5. The summed E-state index contributed by atoms with van der Waals surface area (Å²) in [6.45, 7) is 13.4. The number of ether oxygens (including phenoxy) is 6. The minimum atomic E-state index is -5.02. The minimum absolute atomic E-state index is 0.0272. The molecule has 3 fully saturated rings. The number of nitrogens with one attached hydrogen (secondary N) is 4. The van der Waals surface area contributed by atoms with Gasteiger partial charge in [0.05, 0.1) is 37.1 Å². The molecule has 3 aliphatic heterocycles. The zero-order valence-corrected chi connectivity index (χ0v) is 60.1. The van der Waals surface area contributed by atoms with Gasteiger partial charge in [-0.25, -0.2) is 14.2 Å². The van der Waals surface area contributed by atoms with Crippen molar-refractivity contribution in [2.24, 2.45) is 35.5 Å². The standard InChI is InChI=1S/C69H106N5O25P/c1-12-39(4)43(8)70-63(83)48(21-24-58(78)79)71-64(84)49(22-25-59(80)81)72-65(85)50(34-44-16-19-47(20-17-44)99-100(90,91)92)73-68(88)96-28-26-46-30-37(2)29-38(3)31-56(94-10)61-57(95-11)33-41(6)69(89,98-61)62(82)66(86)74-27-14-13-15-51(74)67(87)97-60(42(7)53(76)36-54(46)77)40(5)32-45-18-23-52(75)55(35-45)93-9/h16-17,19-20,30,32,38-39,41-43,45-46,48-53,55-57,60-61,75-76,89H,12-15,18,21-29,31,33-36H2,1-11H3,(H,70,83)(H,71,84)(H,72,85)(H,73,88)(H,78,79)(H,80,81)(H2,90,91,92)/b37-30+,40-32+/t38-,39?,41+,42+,43-,45-,46+,48+,49+,50+,51-,52+,53-,55+,56-,57-,60+,61+,69+/m0/s1. The van der Waals surface area contributed by atoms with Crippen LogP contribution in [-0.2, 0) is 82.6 Å². The number of hydrogen-bond donors (Lipinski definition) is 11.